The number of ether oxygens (including phenoxy) is 3. The van der Waals surface area contributed by atoms with E-state index in [1.807, 2.05) is 35.7 Å². The van der Waals surface area contributed by atoms with Crippen LogP contribution in [0.5, 0.6) is 11.5 Å². The number of nitrogens with zero attached hydrogens (tertiary/aromatic N) is 1. The fourth-order valence-corrected chi connectivity index (χ4v) is 3.05. The molecule has 0 aliphatic rings. The van der Waals surface area contributed by atoms with Crippen molar-refractivity contribution in [2.45, 2.75) is 13.0 Å². The van der Waals surface area contributed by atoms with Gasteiger partial charge in [-0.2, -0.15) is 0 Å². The Labute approximate surface area is 156 Å². The lowest BCUT2D eigenvalue weighted by Crippen LogP contribution is -2.10. The number of hydrogen-bond acceptors (Lipinski definition) is 6. The molecular weight excluding hydrogens is 350 g/mol. The van der Waals surface area contributed by atoms with Crippen molar-refractivity contribution in [3.8, 4) is 22.1 Å². The molecule has 0 fully saturated rings. The number of thiazole rings is 1. The maximum atomic E-state index is 11.8. The molecule has 134 valence electrons. The van der Waals surface area contributed by atoms with E-state index in [0.717, 1.165) is 22.0 Å². The standard InChI is InChI=1S/C20H19NO4S/c1-23-17-7-9-18(10-8-17)24-12-11-19(22)25-13-16-14-26-20(21-16)15-5-3-2-4-6-15/h2-10,14H,11-13H2,1H3. The van der Waals surface area contributed by atoms with Crippen LogP contribution in [0.25, 0.3) is 10.6 Å². The highest BCUT2D eigenvalue weighted by Crippen LogP contribution is 2.23. The Morgan fingerprint density at radius 2 is 1.77 bits per heavy atom. The van der Waals surface area contributed by atoms with Crippen LogP contribution < -0.4 is 9.47 Å². The molecule has 3 aromatic rings. The summed E-state index contributed by atoms with van der Waals surface area (Å²) in [7, 11) is 1.61. The Kier molecular flexibility index (Phi) is 6.22. The van der Waals surface area contributed by atoms with Crippen molar-refractivity contribution >= 4 is 17.3 Å². The van der Waals surface area contributed by atoms with E-state index >= 15 is 0 Å². The number of methoxy groups -OCH3 is 1. The Morgan fingerprint density at radius 1 is 1.04 bits per heavy atom. The topological polar surface area (TPSA) is 57.7 Å². The molecule has 3 rings (SSSR count). The van der Waals surface area contributed by atoms with Crippen LogP contribution in [0.4, 0.5) is 0 Å². The summed E-state index contributed by atoms with van der Waals surface area (Å²) in [5.41, 5.74) is 1.81. The van der Waals surface area contributed by atoms with Crippen molar-refractivity contribution < 1.29 is 19.0 Å². The first-order chi connectivity index (χ1) is 12.7. The third kappa shape index (κ3) is 5.07. The number of hydrogen-bond donors (Lipinski definition) is 0. The fraction of sp³-hybridized carbons (Fsp3) is 0.200. The third-order valence-electron chi connectivity index (χ3n) is 3.59. The van der Waals surface area contributed by atoms with Gasteiger partial charge < -0.3 is 14.2 Å². The van der Waals surface area contributed by atoms with Crippen molar-refractivity contribution in [3.63, 3.8) is 0 Å². The normalized spacial score (nSPS) is 10.3. The van der Waals surface area contributed by atoms with Gasteiger partial charge in [-0.3, -0.25) is 4.79 Å². The first-order valence-electron chi connectivity index (χ1n) is 8.17. The monoisotopic (exact) mass is 369 g/mol. The molecule has 0 saturated heterocycles. The van der Waals surface area contributed by atoms with Gasteiger partial charge in [-0.05, 0) is 24.3 Å². The summed E-state index contributed by atoms with van der Waals surface area (Å²) in [5, 5.41) is 2.82. The zero-order valence-electron chi connectivity index (χ0n) is 14.4. The minimum Gasteiger partial charge on any atom is -0.497 e. The summed E-state index contributed by atoms with van der Waals surface area (Å²) in [6.45, 7) is 0.433. The van der Waals surface area contributed by atoms with Crippen LogP contribution in [0.3, 0.4) is 0 Å². The van der Waals surface area contributed by atoms with E-state index in [1.165, 1.54) is 11.3 Å². The molecular formula is C20H19NO4S. The molecule has 0 atom stereocenters. The van der Waals surface area contributed by atoms with E-state index in [-0.39, 0.29) is 25.6 Å². The van der Waals surface area contributed by atoms with Crippen LogP contribution >= 0.6 is 11.3 Å². The lowest BCUT2D eigenvalue weighted by molar-refractivity contribution is -0.145. The molecule has 26 heavy (non-hydrogen) atoms. The van der Waals surface area contributed by atoms with Crippen LogP contribution in [0.2, 0.25) is 0 Å². The number of carbonyl (C=O) groups excluding carboxylic acids is 1. The van der Waals surface area contributed by atoms with Gasteiger partial charge in [0.2, 0.25) is 0 Å². The molecule has 0 saturated carbocycles. The van der Waals surface area contributed by atoms with E-state index in [2.05, 4.69) is 4.98 Å². The maximum Gasteiger partial charge on any atom is 0.309 e. The molecule has 0 N–H and O–H groups in total. The SMILES string of the molecule is COc1ccc(OCCC(=O)OCc2csc(-c3ccccc3)n2)cc1. The molecule has 0 spiro atoms. The summed E-state index contributed by atoms with van der Waals surface area (Å²) in [5.74, 6) is 1.13. The average molecular weight is 369 g/mol. The minimum atomic E-state index is -0.312. The molecule has 5 nitrogen and oxygen atoms in total. The Morgan fingerprint density at radius 3 is 2.50 bits per heavy atom. The van der Waals surface area contributed by atoms with Crippen molar-refractivity contribution in [2.24, 2.45) is 0 Å². The van der Waals surface area contributed by atoms with Crippen molar-refractivity contribution in [2.75, 3.05) is 13.7 Å². The van der Waals surface area contributed by atoms with Gasteiger partial charge in [-0.25, -0.2) is 4.98 Å². The first-order valence-corrected chi connectivity index (χ1v) is 9.05. The Bertz CT molecular complexity index is 831. The highest BCUT2D eigenvalue weighted by atomic mass is 32.1. The van der Waals surface area contributed by atoms with Crippen LogP contribution in [-0.4, -0.2) is 24.7 Å². The van der Waals surface area contributed by atoms with Crippen LogP contribution in [-0.2, 0) is 16.1 Å². The zero-order valence-corrected chi connectivity index (χ0v) is 15.2. The molecule has 2 aromatic carbocycles. The van der Waals surface area contributed by atoms with Gasteiger partial charge >= 0.3 is 5.97 Å². The van der Waals surface area contributed by atoms with Crippen LogP contribution in [0, 0.1) is 0 Å². The molecule has 0 radical (unpaired) electrons. The molecule has 1 aromatic heterocycles. The van der Waals surface area contributed by atoms with Crippen LogP contribution in [0.15, 0.2) is 60.0 Å². The van der Waals surface area contributed by atoms with E-state index in [4.69, 9.17) is 14.2 Å². The summed E-state index contributed by atoms with van der Waals surface area (Å²) in [4.78, 5) is 16.3. The Hall–Kier alpha value is -2.86. The average Bonchev–Trinajstić information content (AvgIpc) is 3.17. The maximum absolute atomic E-state index is 11.8. The molecule has 1 heterocycles. The number of rotatable bonds is 8. The largest absolute Gasteiger partial charge is 0.497 e. The van der Waals surface area contributed by atoms with Gasteiger partial charge in [0.05, 0.1) is 25.8 Å². The second kappa shape index (κ2) is 9.01. The third-order valence-corrected chi connectivity index (χ3v) is 4.53. The summed E-state index contributed by atoms with van der Waals surface area (Å²) < 4.78 is 15.9. The van der Waals surface area contributed by atoms with Gasteiger partial charge in [0.1, 0.15) is 23.1 Å². The highest BCUT2D eigenvalue weighted by Gasteiger charge is 2.08. The van der Waals surface area contributed by atoms with Gasteiger partial charge in [0, 0.05) is 10.9 Å². The van der Waals surface area contributed by atoms with Crippen molar-refractivity contribution in [1.82, 2.24) is 4.98 Å². The zero-order chi connectivity index (χ0) is 18.2. The van der Waals surface area contributed by atoms with E-state index in [9.17, 15) is 4.79 Å². The smallest absolute Gasteiger partial charge is 0.309 e. The van der Waals surface area contributed by atoms with Gasteiger partial charge in [-0.1, -0.05) is 30.3 Å². The molecule has 0 aliphatic heterocycles. The van der Waals surface area contributed by atoms with E-state index in [1.54, 1.807) is 31.4 Å². The summed E-state index contributed by atoms with van der Waals surface area (Å²) in [6.07, 6.45) is 0.182. The van der Waals surface area contributed by atoms with Gasteiger partial charge in [0.25, 0.3) is 0 Å². The lowest BCUT2D eigenvalue weighted by Gasteiger charge is -2.07. The second-order valence-electron chi connectivity index (χ2n) is 5.44. The minimum absolute atomic E-state index is 0.171. The predicted molar refractivity (Wildman–Crippen MR) is 100 cm³/mol. The fourth-order valence-electron chi connectivity index (χ4n) is 2.24. The Balaban J connectivity index is 1.40. The lowest BCUT2D eigenvalue weighted by atomic mass is 10.2. The molecule has 0 unspecified atom stereocenters. The summed E-state index contributed by atoms with van der Waals surface area (Å²) >= 11 is 1.54. The number of esters is 1. The quantitative estimate of drug-likeness (QED) is 0.553. The van der Waals surface area contributed by atoms with Crippen molar-refractivity contribution in [3.05, 3.63) is 65.7 Å². The number of aromatic nitrogens is 1. The van der Waals surface area contributed by atoms with Crippen molar-refractivity contribution in [1.29, 1.82) is 0 Å². The van der Waals surface area contributed by atoms with Gasteiger partial charge in [0.15, 0.2) is 0 Å². The molecule has 6 heteroatoms. The van der Waals surface area contributed by atoms with Gasteiger partial charge in [-0.15, -0.1) is 11.3 Å². The van der Waals surface area contributed by atoms with Crippen LogP contribution in [0.1, 0.15) is 12.1 Å². The molecule has 0 amide bonds. The molecule has 0 aliphatic carbocycles. The summed E-state index contributed by atoms with van der Waals surface area (Å²) in [6, 6.07) is 17.1. The second-order valence-corrected chi connectivity index (χ2v) is 6.30. The van der Waals surface area contributed by atoms with E-state index in [0.29, 0.717) is 5.75 Å². The predicted octanol–water partition coefficient (Wildman–Crippen LogP) is 4.33. The number of carbonyl (C=O) groups is 1. The first kappa shape index (κ1) is 17.9. The van der Waals surface area contributed by atoms with E-state index < -0.39 is 0 Å². The molecule has 0 bridgehead atoms. The highest BCUT2D eigenvalue weighted by molar-refractivity contribution is 7.13. The number of benzene rings is 2.